The van der Waals surface area contributed by atoms with Crippen LogP contribution in [0.3, 0.4) is 0 Å². The Morgan fingerprint density at radius 3 is 2.64 bits per heavy atom. The number of hydrogen-bond donors (Lipinski definition) is 4. The third kappa shape index (κ3) is 3.57. The number of carbonyl (C=O) groups excluding carboxylic acids is 2. The second-order valence-corrected chi connectivity index (χ2v) is 6.55. The molecule has 0 spiro atoms. The highest BCUT2D eigenvalue weighted by atomic mass is 16.2. The number of amides is 2. The van der Waals surface area contributed by atoms with Crippen LogP contribution in [-0.2, 0) is 4.79 Å². The molecular weight excluding hydrogens is 356 g/mol. The highest BCUT2D eigenvalue weighted by molar-refractivity contribution is 6.04. The Morgan fingerprint density at radius 2 is 1.82 bits per heavy atom. The number of imidazole rings is 1. The van der Waals surface area contributed by atoms with Crippen LogP contribution in [0.4, 0.5) is 0 Å². The topological polar surface area (TPSA) is 116 Å². The van der Waals surface area contributed by atoms with E-state index in [1.807, 2.05) is 55.5 Å². The Labute approximate surface area is 160 Å². The molecule has 1 unspecified atom stereocenters. The number of nitrogens with one attached hydrogen (secondary N) is 4. The van der Waals surface area contributed by atoms with Crippen molar-refractivity contribution < 1.29 is 9.59 Å². The van der Waals surface area contributed by atoms with Crippen LogP contribution in [-0.4, -0.2) is 38.5 Å². The lowest BCUT2D eigenvalue weighted by molar-refractivity contribution is -0.121. The van der Waals surface area contributed by atoms with Gasteiger partial charge >= 0.3 is 0 Å². The number of carbonyl (C=O) groups is 2. The lowest BCUT2D eigenvalue weighted by Gasteiger charge is -2.11. The number of para-hydroxylation sites is 3. The molecule has 4 rings (SSSR count). The van der Waals surface area contributed by atoms with Gasteiger partial charge in [-0.1, -0.05) is 30.3 Å². The summed E-state index contributed by atoms with van der Waals surface area (Å²) >= 11 is 0. The molecule has 8 nitrogen and oxygen atoms in total. The number of H-pyrrole nitrogens is 2. The molecule has 0 bridgehead atoms. The van der Waals surface area contributed by atoms with Crippen LogP contribution < -0.4 is 10.6 Å². The summed E-state index contributed by atoms with van der Waals surface area (Å²) in [4.78, 5) is 32.2. The molecule has 2 aromatic carbocycles. The van der Waals surface area contributed by atoms with Gasteiger partial charge < -0.3 is 15.6 Å². The van der Waals surface area contributed by atoms with Crippen molar-refractivity contribution in [2.45, 2.75) is 19.4 Å². The van der Waals surface area contributed by atoms with Crippen molar-refractivity contribution in [2.75, 3.05) is 6.54 Å². The van der Waals surface area contributed by atoms with Gasteiger partial charge in [0.1, 0.15) is 5.82 Å². The number of nitrogens with zero attached hydrogens (tertiary/aromatic N) is 2. The first kappa shape index (κ1) is 17.7. The van der Waals surface area contributed by atoms with Crippen LogP contribution in [0.1, 0.15) is 35.7 Å². The van der Waals surface area contributed by atoms with Crippen LogP contribution in [0.15, 0.2) is 48.5 Å². The predicted octanol–water partition coefficient (Wildman–Crippen LogP) is 2.44. The van der Waals surface area contributed by atoms with Crippen molar-refractivity contribution in [3.05, 3.63) is 60.0 Å². The van der Waals surface area contributed by atoms with E-state index in [1.165, 1.54) is 0 Å². The molecule has 2 heterocycles. The summed E-state index contributed by atoms with van der Waals surface area (Å²) in [5.74, 6) is 0.220. The first-order valence-corrected chi connectivity index (χ1v) is 9.07. The largest absolute Gasteiger partial charge is 0.350 e. The minimum absolute atomic E-state index is 0.165. The standard InChI is InChI=1S/C20H20N6O2/c1-12(19-23-15-8-4-5-9-16(15)24-19)22-17(27)10-11-21-20(28)18-13-6-2-3-7-14(13)25-26-18/h2-9,12H,10-11H2,1H3,(H,21,28)(H,22,27)(H,23,24)(H,25,26). The maximum absolute atomic E-state index is 12.3. The summed E-state index contributed by atoms with van der Waals surface area (Å²) in [6.07, 6.45) is 0.165. The summed E-state index contributed by atoms with van der Waals surface area (Å²) in [5.41, 5.74) is 2.91. The van der Waals surface area contributed by atoms with E-state index in [0.29, 0.717) is 11.5 Å². The second kappa shape index (κ2) is 7.51. The van der Waals surface area contributed by atoms with Crippen molar-refractivity contribution in [2.24, 2.45) is 0 Å². The van der Waals surface area contributed by atoms with E-state index in [2.05, 4.69) is 30.8 Å². The molecule has 0 aliphatic carbocycles. The Morgan fingerprint density at radius 1 is 1.07 bits per heavy atom. The lowest BCUT2D eigenvalue weighted by Crippen LogP contribution is -2.32. The molecule has 0 aliphatic heterocycles. The van der Waals surface area contributed by atoms with E-state index in [4.69, 9.17) is 0 Å². The van der Waals surface area contributed by atoms with Crippen LogP contribution in [0.2, 0.25) is 0 Å². The average Bonchev–Trinajstić information content (AvgIpc) is 3.32. The molecule has 0 fully saturated rings. The van der Waals surface area contributed by atoms with Gasteiger partial charge in [-0.15, -0.1) is 0 Å². The Hall–Kier alpha value is -3.68. The fraction of sp³-hybridized carbons (Fsp3) is 0.200. The molecule has 4 N–H and O–H groups in total. The lowest BCUT2D eigenvalue weighted by atomic mass is 10.2. The summed E-state index contributed by atoms with van der Waals surface area (Å²) in [6.45, 7) is 2.09. The van der Waals surface area contributed by atoms with Crippen molar-refractivity contribution in [1.82, 2.24) is 30.8 Å². The maximum Gasteiger partial charge on any atom is 0.272 e. The fourth-order valence-electron chi connectivity index (χ4n) is 3.07. The summed E-state index contributed by atoms with van der Waals surface area (Å²) in [6, 6.07) is 14.8. The molecule has 4 aromatic rings. The van der Waals surface area contributed by atoms with Crippen molar-refractivity contribution in [1.29, 1.82) is 0 Å². The molecular formula is C20H20N6O2. The van der Waals surface area contributed by atoms with Gasteiger partial charge in [0, 0.05) is 18.4 Å². The molecule has 1 atom stereocenters. The smallest absolute Gasteiger partial charge is 0.272 e. The number of aromatic amines is 2. The minimum atomic E-state index is -0.310. The van der Waals surface area contributed by atoms with E-state index < -0.39 is 0 Å². The van der Waals surface area contributed by atoms with Crippen LogP contribution in [0, 0.1) is 0 Å². The van der Waals surface area contributed by atoms with Gasteiger partial charge in [-0.3, -0.25) is 14.7 Å². The minimum Gasteiger partial charge on any atom is -0.350 e. The summed E-state index contributed by atoms with van der Waals surface area (Å²) in [5, 5.41) is 13.3. The number of rotatable bonds is 6. The third-order valence-corrected chi connectivity index (χ3v) is 4.52. The Balaban J connectivity index is 1.30. The maximum atomic E-state index is 12.3. The normalized spacial score (nSPS) is 12.2. The van der Waals surface area contributed by atoms with Gasteiger partial charge in [-0.2, -0.15) is 5.10 Å². The quantitative estimate of drug-likeness (QED) is 0.414. The number of hydrogen-bond acceptors (Lipinski definition) is 4. The molecule has 8 heteroatoms. The van der Waals surface area contributed by atoms with Crippen molar-refractivity contribution in [3.8, 4) is 0 Å². The van der Waals surface area contributed by atoms with Crippen LogP contribution in [0.25, 0.3) is 21.9 Å². The number of benzene rings is 2. The predicted molar refractivity (Wildman–Crippen MR) is 106 cm³/mol. The van der Waals surface area contributed by atoms with E-state index in [9.17, 15) is 9.59 Å². The van der Waals surface area contributed by atoms with Gasteiger partial charge in [-0.25, -0.2) is 4.98 Å². The zero-order chi connectivity index (χ0) is 19.5. The summed E-state index contributed by atoms with van der Waals surface area (Å²) in [7, 11) is 0. The van der Waals surface area contributed by atoms with Crippen LogP contribution >= 0.6 is 0 Å². The third-order valence-electron chi connectivity index (χ3n) is 4.52. The fourth-order valence-corrected chi connectivity index (χ4v) is 3.07. The summed E-state index contributed by atoms with van der Waals surface area (Å²) < 4.78 is 0. The molecule has 0 radical (unpaired) electrons. The highest BCUT2D eigenvalue weighted by Gasteiger charge is 2.16. The zero-order valence-corrected chi connectivity index (χ0v) is 15.3. The molecule has 0 saturated carbocycles. The van der Waals surface area contributed by atoms with Crippen molar-refractivity contribution >= 4 is 33.8 Å². The molecule has 0 aliphatic rings. The molecule has 2 amide bonds. The Kier molecular flexibility index (Phi) is 4.76. The average molecular weight is 376 g/mol. The van der Waals surface area contributed by atoms with E-state index >= 15 is 0 Å². The molecule has 2 aromatic heterocycles. The molecule has 28 heavy (non-hydrogen) atoms. The van der Waals surface area contributed by atoms with Gasteiger partial charge in [0.05, 0.1) is 22.6 Å². The van der Waals surface area contributed by atoms with Gasteiger partial charge in [0.2, 0.25) is 5.91 Å². The van der Waals surface area contributed by atoms with Gasteiger partial charge in [0.25, 0.3) is 5.91 Å². The monoisotopic (exact) mass is 376 g/mol. The van der Waals surface area contributed by atoms with Gasteiger partial charge in [-0.05, 0) is 25.1 Å². The first-order valence-electron chi connectivity index (χ1n) is 9.07. The van der Waals surface area contributed by atoms with E-state index in [-0.39, 0.29) is 30.8 Å². The molecule has 0 saturated heterocycles. The molecule has 142 valence electrons. The van der Waals surface area contributed by atoms with Gasteiger partial charge in [0.15, 0.2) is 5.69 Å². The highest BCUT2D eigenvalue weighted by Crippen LogP contribution is 2.16. The second-order valence-electron chi connectivity index (χ2n) is 6.55. The Bertz CT molecular complexity index is 1110. The number of fused-ring (bicyclic) bond motifs is 2. The van der Waals surface area contributed by atoms with Crippen LogP contribution in [0.5, 0.6) is 0 Å². The van der Waals surface area contributed by atoms with Crippen molar-refractivity contribution in [3.63, 3.8) is 0 Å². The van der Waals surface area contributed by atoms with E-state index in [1.54, 1.807) is 0 Å². The first-order chi connectivity index (χ1) is 13.6. The SMILES string of the molecule is CC(NC(=O)CCNC(=O)c1n[nH]c2ccccc12)c1nc2ccccc2[nH]1. The van der Waals surface area contributed by atoms with E-state index in [0.717, 1.165) is 21.9 Å². The number of aromatic nitrogens is 4. The zero-order valence-electron chi connectivity index (χ0n) is 15.3.